The van der Waals surface area contributed by atoms with Crippen molar-refractivity contribution in [2.24, 2.45) is 0 Å². The van der Waals surface area contributed by atoms with E-state index in [1.54, 1.807) is 17.5 Å². The quantitative estimate of drug-likeness (QED) is 0.782. The van der Waals surface area contributed by atoms with Crippen LogP contribution in [-0.2, 0) is 11.3 Å². The van der Waals surface area contributed by atoms with Crippen molar-refractivity contribution in [2.75, 3.05) is 6.54 Å². The first kappa shape index (κ1) is 16.7. The molecule has 1 amide bonds. The number of ether oxygens (including phenoxy) is 1. The van der Waals surface area contributed by atoms with Crippen LogP contribution in [0.15, 0.2) is 41.8 Å². The van der Waals surface area contributed by atoms with Crippen LogP contribution in [0.5, 0.6) is 0 Å². The molecule has 0 spiro atoms. The average molecular weight is 331 g/mol. The van der Waals surface area contributed by atoms with E-state index in [0.717, 1.165) is 16.9 Å². The molecule has 0 atom stereocenters. The van der Waals surface area contributed by atoms with Gasteiger partial charge in [0, 0.05) is 11.9 Å². The molecule has 7 heteroatoms. The number of thiazole rings is 1. The van der Waals surface area contributed by atoms with Crippen LogP contribution in [0.1, 0.15) is 27.5 Å². The second-order valence-corrected chi connectivity index (χ2v) is 5.40. The van der Waals surface area contributed by atoms with Crippen LogP contribution in [-0.4, -0.2) is 23.6 Å². The highest BCUT2D eigenvalue weighted by Gasteiger charge is 2.01. The van der Waals surface area contributed by atoms with Crippen LogP contribution in [0.4, 0.5) is 4.79 Å². The smallest absolute Gasteiger partial charge is 0.407 e. The number of rotatable bonds is 7. The number of carbonyl (C=O) groups is 2. The van der Waals surface area contributed by atoms with Crippen molar-refractivity contribution in [1.82, 2.24) is 10.3 Å². The number of amides is 1. The van der Waals surface area contributed by atoms with Gasteiger partial charge in [0.15, 0.2) is 0 Å². The zero-order valence-electron chi connectivity index (χ0n) is 12.2. The molecule has 1 aromatic carbocycles. The summed E-state index contributed by atoms with van der Waals surface area (Å²) in [5.41, 5.74) is 1.48. The molecule has 6 nitrogen and oxygen atoms in total. The summed E-state index contributed by atoms with van der Waals surface area (Å²) in [4.78, 5) is 25.9. The van der Waals surface area contributed by atoms with Gasteiger partial charge in [0.2, 0.25) is 0 Å². The Morgan fingerprint density at radius 2 is 2.09 bits per heavy atom. The average Bonchev–Trinajstić information content (AvgIpc) is 3.03. The number of alkyl carbamates (subject to hydrolysis) is 1. The lowest BCUT2D eigenvalue weighted by molar-refractivity contribution is -0.255. The summed E-state index contributed by atoms with van der Waals surface area (Å²) in [6.45, 7) is 0.648. The number of carboxylic acids is 1. The van der Waals surface area contributed by atoms with Gasteiger partial charge in [0.05, 0.1) is 5.69 Å². The fraction of sp³-hybridized carbons (Fsp3) is 0.188. The predicted molar refractivity (Wildman–Crippen MR) is 84.7 cm³/mol. The zero-order valence-corrected chi connectivity index (χ0v) is 13.0. The Kier molecular flexibility index (Phi) is 6.31. The largest absolute Gasteiger partial charge is 0.542 e. The van der Waals surface area contributed by atoms with E-state index in [-0.39, 0.29) is 11.6 Å². The summed E-state index contributed by atoms with van der Waals surface area (Å²) < 4.78 is 5.07. The third-order valence-corrected chi connectivity index (χ3v) is 3.62. The van der Waals surface area contributed by atoms with Crippen molar-refractivity contribution in [3.05, 3.63) is 58.1 Å². The minimum absolute atomic E-state index is 0.0488. The molecule has 0 aliphatic rings. The number of hydrogen-bond donors (Lipinski definition) is 1. The highest BCUT2D eigenvalue weighted by Crippen LogP contribution is 2.10. The molecule has 0 bridgehead atoms. The van der Waals surface area contributed by atoms with Crippen LogP contribution in [0, 0.1) is 0 Å². The van der Waals surface area contributed by atoms with Gasteiger partial charge in [-0.25, -0.2) is 9.78 Å². The van der Waals surface area contributed by atoms with Crippen LogP contribution in [0.2, 0.25) is 0 Å². The molecule has 1 aromatic heterocycles. The number of aromatic carboxylic acids is 1. The standard InChI is InChI=1S/C16H16N2O4S/c19-15(20)14-18-13(11-23-14)8-4-5-9-17-16(21)22-10-12-6-2-1-3-7-12/h1-4,6-8,11H,5,9-10H2,(H,17,21)(H,19,20)/p-1. The minimum atomic E-state index is -1.28. The van der Waals surface area contributed by atoms with E-state index in [1.807, 2.05) is 30.3 Å². The van der Waals surface area contributed by atoms with Crippen LogP contribution < -0.4 is 10.4 Å². The molecule has 0 saturated heterocycles. The van der Waals surface area contributed by atoms with E-state index in [4.69, 9.17) is 4.74 Å². The van der Waals surface area contributed by atoms with Crippen LogP contribution >= 0.6 is 11.3 Å². The van der Waals surface area contributed by atoms with Crippen molar-refractivity contribution < 1.29 is 19.4 Å². The maximum absolute atomic E-state index is 11.5. The van der Waals surface area contributed by atoms with Crippen molar-refractivity contribution in [3.63, 3.8) is 0 Å². The van der Waals surface area contributed by atoms with E-state index in [9.17, 15) is 14.7 Å². The number of hydrogen-bond acceptors (Lipinski definition) is 6. The Bertz CT molecular complexity index is 682. The van der Waals surface area contributed by atoms with E-state index < -0.39 is 12.1 Å². The maximum Gasteiger partial charge on any atom is 0.407 e. The molecule has 0 radical (unpaired) electrons. The number of nitrogens with one attached hydrogen (secondary N) is 1. The van der Waals surface area contributed by atoms with Gasteiger partial charge in [0.25, 0.3) is 0 Å². The molecule has 0 aliphatic heterocycles. The van der Waals surface area contributed by atoms with Gasteiger partial charge < -0.3 is 20.0 Å². The molecule has 0 fully saturated rings. The second kappa shape index (κ2) is 8.70. The molecule has 23 heavy (non-hydrogen) atoms. The summed E-state index contributed by atoms with van der Waals surface area (Å²) in [5.74, 6) is -1.28. The first-order valence-electron chi connectivity index (χ1n) is 6.93. The second-order valence-electron chi connectivity index (χ2n) is 4.54. The monoisotopic (exact) mass is 331 g/mol. The molecule has 1 heterocycles. The van der Waals surface area contributed by atoms with Gasteiger partial charge in [-0.2, -0.15) is 0 Å². The Labute approximate surface area is 137 Å². The molecule has 2 aromatic rings. The summed E-state index contributed by atoms with van der Waals surface area (Å²) >= 11 is 1.02. The van der Waals surface area contributed by atoms with E-state index >= 15 is 0 Å². The van der Waals surface area contributed by atoms with Gasteiger partial charge in [-0.3, -0.25) is 0 Å². The Hall–Kier alpha value is -2.67. The number of benzene rings is 1. The fourth-order valence-electron chi connectivity index (χ4n) is 1.69. The summed E-state index contributed by atoms with van der Waals surface area (Å²) in [6, 6.07) is 9.42. The Morgan fingerprint density at radius 1 is 1.30 bits per heavy atom. The van der Waals surface area contributed by atoms with Crippen LogP contribution in [0.3, 0.4) is 0 Å². The summed E-state index contributed by atoms with van der Waals surface area (Å²) in [7, 11) is 0. The third kappa shape index (κ3) is 5.91. The summed E-state index contributed by atoms with van der Waals surface area (Å²) in [6.07, 6.45) is 3.60. The minimum Gasteiger partial charge on any atom is -0.542 e. The van der Waals surface area contributed by atoms with E-state index in [0.29, 0.717) is 18.7 Å². The molecule has 120 valence electrons. The van der Waals surface area contributed by atoms with Crippen molar-refractivity contribution in [1.29, 1.82) is 0 Å². The SMILES string of the molecule is O=C(NCCC=Cc1csc(C(=O)[O-])n1)OCc1ccccc1. The molecule has 2 rings (SSSR count). The van der Waals surface area contributed by atoms with E-state index in [1.165, 1.54) is 0 Å². The van der Waals surface area contributed by atoms with Crippen molar-refractivity contribution in [2.45, 2.75) is 13.0 Å². The molecule has 0 unspecified atom stereocenters. The molecule has 0 saturated carbocycles. The predicted octanol–water partition coefficient (Wildman–Crippen LogP) is 1.84. The first-order valence-corrected chi connectivity index (χ1v) is 7.81. The summed E-state index contributed by atoms with van der Waals surface area (Å²) in [5, 5.41) is 14.8. The Balaban J connectivity index is 1.63. The number of carbonyl (C=O) groups excluding carboxylic acids is 2. The number of nitrogens with zero attached hydrogens (tertiary/aromatic N) is 1. The number of carboxylic acid groups (broad SMARTS) is 1. The fourth-order valence-corrected chi connectivity index (χ4v) is 2.31. The normalized spacial score (nSPS) is 10.6. The molecular weight excluding hydrogens is 316 g/mol. The third-order valence-electron chi connectivity index (χ3n) is 2.78. The zero-order chi connectivity index (χ0) is 16.5. The van der Waals surface area contributed by atoms with Crippen molar-refractivity contribution >= 4 is 29.5 Å². The maximum atomic E-state index is 11.5. The van der Waals surface area contributed by atoms with E-state index in [2.05, 4.69) is 10.3 Å². The lowest BCUT2D eigenvalue weighted by Gasteiger charge is -2.05. The highest BCUT2D eigenvalue weighted by molar-refractivity contribution is 7.11. The topological polar surface area (TPSA) is 91.4 Å². The van der Waals surface area contributed by atoms with Crippen LogP contribution in [0.25, 0.3) is 6.08 Å². The lowest BCUT2D eigenvalue weighted by Crippen LogP contribution is -2.24. The van der Waals surface area contributed by atoms with Gasteiger partial charge >= 0.3 is 6.09 Å². The first-order chi connectivity index (χ1) is 11.1. The van der Waals surface area contributed by atoms with Crippen molar-refractivity contribution in [3.8, 4) is 0 Å². The van der Waals surface area contributed by atoms with Gasteiger partial charge in [0.1, 0.15) is 17.6 Å². The Morgan fingerprint density at radius 3 is 2.78 bits per heavy atom. The van der Waals surface area contributed by atoms with Gasteiger partial charge in [-0.05, 0) is 18.1 Å². The lowest BCUT2D eigenvalue weighted by atomic mass is 10.2. The number of aromatic nitrogens is 1. The molecule has 1 N–H and O–H groups in total. The molecular formula is C16H15N2O4S-. The highest BCUT2D eigenvalue weighted by atomic mass is 32.1. The van der Waals surface area contributed by atoms with Gasteiger partial charge in [-0.15, -0.1) is 11.3 Å². The van der Waals surface area contributed by atoms with Gasteiger partial charge in [-0.1, -0.05) is 36.4 Å². The molecule has 0 aliphatic carbocycles.